The standard InChI is InChI=1S/C14H16F2N2O5/c1-8-4-9(13(19)20)7-17(6-8)10-2-3-11(18(21)22)12(5-10)23-14(15)16/h2-3,5,8-9,14H,4,6-7H2,1H3,(H,19,20). The first kappa shape index (κ1) is 16.9. The average Bonchev–Trinajstić information content (AvgIpc) is 2.45. The number of carboxylic acid groups (broad SMARTS) is 1. The summed E-state index contributed by atoms with van der Waals surface area (Å²) in [6, 6.07) is 3.65. The molecule has 2 rings (SSSR count). The molecular formula is C14H16F2N2O5. The molecule has 1 fully saturated rings. The van der Waals surface area contributed by atoms with Crippen LogP contribution >= 0.6 is 0 Å². The molecule has 0 radical (unpaired) electrons. The smallest absolute Gasteiger partial charge is 0.387 e. The number of anilines is 1. The van der Waals surface area contributed by atoms with E-state index in [1.54, 1.807) is 4.90 Å². The number of hydrogen-bond donors (Lipinski definition) is 1. The van der Waals surface area contributed by atoms with Crippen LogP contribution in [0.3, 0.4) is 0 Å². The predicted molar refractivity (Wildman–Crippen MR) is 76.8 cm³/mol. The number of carboxylic acids is 1. The van der Waals surface area contributed by atoms with Gasteiger partial charge in [-0.2, -0.15) is 8.78 Å². The normalized spacial score (nSPS) is 21.3. The summed E-state index contributed by atoms with van der Waals surface area (Å²) < 4.78 is 29.1. The van der Waals surface area contributed by atoms with Crippen LogP contribution < -0.4 is 9.64 Å². The van der Waals surface area contributed by atoms with Crippen molar-refractivity contribution < 1.29 is 28.3 Å². The lowest BCUT2D eigenvalue weighted by atomic mass is 9.90. The van der Waals surface area contributed by atoms with E-state index in [1.165, 1.54) is 6.07 Å². The van der Waals surface area contributed by atoms with Gasteiger partial charge in [0.25, 0.3) is 0 Å². The maximum atomic E-state index is 12.4. The largest absolute Gasteiger partial charge is 0.481 e. The van der Waals surface area contributed by atoms with Crippen LogP contribution in [0.1, 0.15) is 13.3 Å². The van der Waals surface area contributed by atoms with E-state index in [-0.39, 0.29) is 12.5 Å². The van der Waals surface area contributed by atoms with E-state index in [1.807, 2.05) is 6.92 Å². The maximum Gasteiger partial charge on any atom is 0.387 e. The molecule has 9 heteroatoms. The molecular weight excluding hydrogens is 314 g/mol. The summed E-state index contributed by atoms with van der Waals surface area (Å²) in [5.74, 6) is -1.94. The zero-order valence-electron chi connectivity index (χ0n) is 12.3. The molecule has 0 aliphatic carbocycles. The molecule has 2 atom stereocenters. The van der Waals surface area contributed by atoms with Crippen LogP contribution in [0.4, 0.5) is 20.2 Å². The number of carbonyl (C=O) groups is 1. The SMILES string of the molecule is CC1CC(C(=O)O)CN(c2ccc([N+](=O)[O-])c(OC(F)F)c2)C1. The first-order chi connectivity index (χ1) is 10.8. The number of ether oxygens (including phenoxy) is 1. The third-order valence-electron chi connectivity index (χ3n) is 3.73. The number of halogens is 2. The summed E-state index contributed by atoms with van der Waals surface area (Å²) in [5.41, 5.74) is -0.141. The van der Waals surface area contributed by atoms with E-state index in [2.05, 4.69) is 4.74 Å². The molecule has 23 heavy (non-hydrogen) atoms. The van der Waals surface area contributed by atoms with Crippen molar-refractivity contribution in [3.05, 3.63) is 28.3 Å². The number of nitrogens with zero attached hydrogens (tertiary/aromatic N) is 2. The lowest BCUT2D eigenvalue weighted by Crippen LogP contribution is -2.42. The predicted octanol–water partition coefficient (Wildman–Crippen LogP) is 2.74. The summed E-state index contributed by atoms with van der Waals surface area (Å²) in [4.78, 5) is 23.0. The Bertz CT molecular complexity index is 611. The zero-order chi connectivity index (χ0) is 17.1. The van der Waals surface area contributed by atoms with Crippen LogP contribution in [-0.2, 0) is 4.79 Å². The quantitative estimate of drug-likeness (QED) is 0.659. The molecule has 1 aliphatic heterocycles. The van der Waals surface area contributed by atoms with E-state index in [9.17, 15) is 28.8 Å². The van der Waals surface area contributed by atoms with E-state index >= 15 is 0 Å². The van der Waals surface area contributed by atoms with E-state index in [0.29, 0.717) is 18.7 Å². The van der Waals surface area contributed by atoms with Crippen LogP contribution in [-0.4, -0.2) is 35.7 Å². The molecule has 2 unspecified atom stereocenters. The Morgan fingerprint density at radius 3 is 2.74 bits per heavy atom. The second kappa shape index (κ2) is 6.76. The average molecular weight is 330 g/mol. The number of nitro groups is 1. The van der Waals surface area contributed by atoms with Crippen LogP contribution in [0.5, 0.6) is 5.75 Å². The molecule has 7 nitrogen and oxygen atoms in total. The van der Waals surface area contributed by atoms with Gasteiger partial charge in [0.1, 0.15) is 0 Å². The van der Waals surface area contributed by atoms with Crippen molar-refractivity contribution >= 4 is 17.3 Å². The molecule has 1 heterocycles. The van der Waals surface area contributed by atoms with Gasteiger partial charge in [0.2, 0.25) is 5.75 Å². The van der Waals surface area contributed by atoms with Crippen molar-refractivity contribution in [3.8, 4) is 5.75 Å². The van der Waals surface area contributed by atoms with Gasteiger partial charge in [-0.1, -0.05) is 6.92 Å². The van der Waals surface area contributed by atoms with Gasteiger partial charge in [0, 0.05) is 30.9 Å². The van der Waals surface area contributed by atoms with Gasteiger partial charge < -0.3 is 14.7 Å². The van der Waals surface area contributed by atoms with Gasteiger partial charge in [-0.05, 0) is 18.4 Å². The van der Waals surface area contributed by atoms with Crippen molar-refractivity contribution in [2.45, 2.75) is 20.0 Å². The highest BCUT2D eigenvalue weighted by molar-refractivity contribution is 5.71. The third kappa shape index (κ3) is 4.05. The highest BCUT2D eigenvalue weighted by atomic mass is 19.3. The molecule has 0 spiro atoms. The molecule has 1 aromatic carbocycles. The molecule has 1 aliphatic rings. The van der Waals surface area contributed by atoms with Gasteiger partial charge >= 0.3 is 18.3 Å². The molecule has 0 bridgehead atoms. The monoisotopic (exact) mass is 330 g/mol. The Kier molecular flexibility index (Phi) is 4.97. The fraction of sp³-hybridized carbons (Fsp3) is 0.500. The van der Waals surface area contributed by atoms with Crippen molar-refractivity contribution in [3.63, 3.8) is 0 Å². The zero-order valence-corrected chi connectivity index (χ0v) is 12.3. The Hall–Kier alpha value is -2.45. The van der Waals surface area contributed by atoms with E-state index in [0.717, 1.165) is 12.1 Å². The fourth-order valence-electron chi connectivity index (χ4n) is 2.78. The van der Waals surface area contributed by atoms with Crippen LogP contribution in [0.25, 0.3) is 0 Å². The third-order valence-corrected chi connectivity index (χ3v) is 3.73. The fourth-order valence-corrected chi connectivity index (χ4v) is 2.78. The second-order valence-corrected chi connectivity index (χ2v) is 5.57. The summed E-state index contributed by atoms with van der Waals surface area (Å²) in [6.45, 7) is -0.540. The first-order valence-corrected chi connectivity index (χ1v) is 6.99. The van der Waals surface area contributed by atoms with E-state index < -0.39 is 34.9 Å². The number of alkyl halides is 2. The molecule has 0 aromatic heterocycles. The minimum Gasteiger partial charge on any atom is -0.481 e. The Labute approximate surface area is 130 Å². The molecule has 126 valence electrons. The molecule has 1 aromatic rings. The van der Waals surface area contributed by atoms with Crippen LogP contribution in [0.15, 0.2) is 18.2 Å². The number of hydrogen-bond acceptors (Lipinski definition) is 5. The molecule has 0 saturated carbocycles. The Morgan fingerprint density at radius 1 is 1.48 bits per heavy atom. The van der Waals surface area contributed by atoms with Gasteiger partial charge in [-0.3, -0.25) is 14.9 Å². The summed E-state index contributed by atoms with van der Waals surface area (Å²) in [7, 11) is 0. The van der Waals surface area contributed by atoms with E-state index in [4.69, 9.17) is 0 Å². The first-order valence-electron chi connectivity index (χ1n) is 6.99. The number of benzene rings is 1. The van der Waals surface area contributed by atoms with Gasteiger partial charge in [-0.15, -0.1) is 0 Å². The summed E-state index contributed by atoms with van der Waals surface area (Å²) in [5, 5.41) is 20.0. The summed E-state index contributed by atoms with van der Waals surface area (Å²) >= 11 is 0. The highest BCUT2D eigenvalue weighted by Gasteiger charge is 2.30. The Morgan fingerprint density at radius 2 is 2.17 bits per heavy atom. The molecule has 1 N–H and O–H groups in total. The number of aliphatic carboxylic acids is 1. The second-order valence-electron chi connectivity index (χ2n) is 5.57. The maximum absolute atomic E-state index is 12.4. The molecule has 1 saturated heterocycles. The lowest BCUT2D eigenvalue weighted by Gasteiger charge is -2.36. The van der Waals surface area contributed by atoms with Crippen molar-refractivity contribution in [2.24, 2.45) is 11.8 Å². The van der Waals surface area contributed by atoms with Crippen LogP contribution in [0.2, 0.25) is 0 Å². The van der Waals surface area contributed by atoms with Gasteiger partial charge in [0.05, 0.1) is 10.8 Å². The number of piperidine rings is 1. The molecule has 0 amide bonds. The van der Waals surface area contributed by atoms with Gasteiger partial charge in [0.15, 0.2) is 0 Å². The lowest BCUT2D eigenvalue weighted by molar-refractivity contribution is -0.386. The van der Waals surface area contributed by atoms with Crippen molar-refractivity contribution in [1.29, 1.82) is 0 Å². The Balaban J connectivity index is 2.31. The topological polar surface area (TPSA) is 92.9 Å². The van der Waals surface area contributed by atoms with Crippen molar-refractivity contribution in [1.82, 2.24) is 0 Å². The minimum absolute atomic E-state index is 0.0968. The summed E-state index contributed by atoms with van der Waals surface area (Å²) in [6.07, 6.45) is 0.527. The highest BCUT2D eigenvalue weighted by Crippen LogP contribution is 2.35. The minimum atomic E-state index is -3.18. The number of nitro benzene ring substituents is 1. The van der Waals surface area contributed by atoms with Crippen molar-refractivity contribution in [2.75, 3.05) is 18.0 Å². The van der Waals surface area contributed by atoms with Crippen LogP contribution in [0, 0.1) is 22.0 Å². The number of rotatable bonds is 5. The van der Waals surface area contributed by atoms with Gasteiger partial charge in [-0.25, -0.2) is 0 Å².